The van der Waals surface area contributed by atoms with E-state index in [4.69, 9.17) is 4.74 Å². The number of hydrogen-bond acceptors (Lipinski definition) is 5. The van der Waals surface area contributed by atoms with Gasteiger partial charge in [0.15, 0.2) is 5.75 Å². The Hall–Kier alpha value is -2.31. The number of hydrogen-bond donors (Lipinski definition) is 2. The summed E-state index contributed by atoms with van der Waals surface area (Å²) in [6.07, 6.45) is 1.48. The smallest absolute Gasteiger partial charge is 0.311 e. The van der Waals surface area contributed by atoms with Gasteiger partial charge in [0.2, 0.25) is 5.91 Å². The van der Waals surface area contributed by atoms with Crippen LogP contribution < -0.4 is 15.4 Å². The molecule has 7 nitrogen and oxygen atoms in total. The van der Waals surface area contributed by atoms with Gasteiger partial charge in [0.1, 0.15) is 6.04 Å². The van der Waals surface area contributed by atoms with Crippen molar-refractivity contribution in [2.24, 2.45) is 0 Å². The number of anilines is 1. The number of carbonyl (C=O) groups is 1. The summed E-state index contributed by atoms with van der Waals surface area (Å²) in [6.45, 7) is 4.30. The molecule has 1 aliphatic heterocycles. The van der Waals surface area contributed by atoms with E-state index in [0.29, 0.717) is 12.2 Å². The van der Waals surface area contributed by atoms with Crippen molar-refractivity contribution in [2.45, 2.75) is 38.8 Å². The van der Waals surface area contributed by atoms with E-state index in [2.05, 4.69) is 10.6 Å². The molecule has 1 fully saturated rings. The van der Waals surface area contributed by atoms with E-state index in [1.807, 2.05) is 0 Å². The van der Waals surface area contributed by atoms with Crippen LogP contribution in [0.15, 0.2) is 18.2 Å². The molecule has 0 radical (unpaired) electrons. The number of rotatable bonds is 5. The first kappa shape index (κ1) is 15.1. The average Bonchev–Trinajstić information content (AvgIpc) is 2.40. The van der Waals surface area contributed by atoms with E-state index in [-0.39, 0.29) is 29.5 Å². The lowest BCUT2D eigenvalue weighted by Gasteiger charge is -2.24. The van der Waals surface area contributed by atoms with Crippen LogP contribution in [0, 0.1) is 10.1 Å². The molecular formula is C14H19N3O4. The highest BCUT2D eigenvalue weighted by Gasteiger charge is 2.23. The highest BCUT2D eigenvalue weighted by Crippen LogP contribution is 2.31. The van der Waals surface area contributed by atoms with Gasteiger partial charge in [0, 0.05) is 24.4 Å². The predicted octanol–water partition coefficient (Wildman–Crippen LogP) is 2.07. The Morgan fingerprint density at radius 1 is 1.48 bits per heavy atom. The molecular weight excluding hydrogens is 274 g/mol. The molecule has 2 rings (SSSR count). The van der Waals surface area contributed by atoms with Crippen LogP contribution in [0.4, 0.5) is 11.4 Å². The topological polar surface area (TPSA) is 93.5 Å². The van der Waals surface area contributed by atoms with Crippen molar-refractivity contribution in [1.29, 1.82) is 0 Å². The van der Waals surface area contributed by atoms with Crippen LogP contribution >= 0.6 is 0 Å². The summed E-state index contributed by atoms with van der Waals surface area (Å²) in [5.41, 5.74) is 0.556. The van der Waals surface area contributed by atoms with Gasteiger partial charge >= 0.3 is 5.69 Å². The quantitative estimate of drug-likeness (QED) is 0.640. The minimum absolute atomic E-state index is 0.0501. The third-order valence-electron chi connectivity index (χ3n) is 3.15. The van der Waals surface area contributed by atoms with Crippen molar-refractivity contribution in [3.63, 3.8) is 0 Å². The number of piperidine rings is 1. The maximum atomic E-state index is 11.7. The van der Waals surface area contributed by atoms with Crippen LogP contribution in [0.25, 0.3) is 0 Å². The molecule has 1 unspecified atom stereocenters. The van der Waals surface area contributed by atoms with Gasteiger partial charge in [-0.05, 0) is 32.8 Å². The molecule has 0 bridgehead atoms. The first-order valence-electron chi connectivity index (χ1n) is 6.96. The van der Waals surface area contributed by atoms with Crippen molar-refractivity contribution in [3.05, 3.63) is 28.3 Å². The number of nitro groups is 1. The zero-order valence-corrected chi connectivity index (χ0v) is 12.1. The van der Waals surface area contributed by atoms with Crippen molar-refractivity contribution in [2.75, 3.05) is 11.9 Å². The third-order valence-corrected chi connectivity index (χ3v) is 3.15. The van der Waals surface area contributed by atoms with Crippen LogP contribution in [0.5, 0.6) is 5.75 Å². The highest BCUT2D eigenvalue weighted by atomic mass is 16.6. The molecule has 21 heavy (non-hydrogen) atoms. The summed E-state index contributed by atoms with van der Waals surface area (Å²) in [5.74, 6) is 0.155. The van der Waals surface area contributed by atoms with Gasteiger partial charge in [-0.15, -0.1) is 0 Å². The van der Waals surface area contributed by atoms with Gasteiger partial charge in [-0.3, -0.25) is 14.9 Å². The summed E-state index contributed by atoms with van der Waals surface area (Å²) < 4.78 is 5.48. The van der Waals surface area contributed by atoms with Crippen LogP contribution in [-0.2, 0) is 4.79 Å². The molecule has 0 spiro atoms. The van der Waals surface area contributed by atoms with Crippen LogP contribution in [0.3, 0.4) is 0 Å². The molecule has 1 aromatic rings. The van der Waals surface area contributed by atoms with Crippen LogP contribution in [-0.4, -0.2) is 29.5 Å². The van der Waals surface area contributed by atoms with Crippen molar-refractivity contribution >= 4 is 17.3 Å². The van der Waals surface area contributed by atoms with Gasteiger partial charge in [0.25, 0.3) is 0 Å². The lowest BCUT2D eigenvalue weighted by Crippen LogP contribution is -2.44. The summed E-state index contributed by atoms with van der Waals surface area (Å²) in [4.78, 5) is 22.2. The second-order valence-electron chi connectivity index (χ2n) is 5.24. The molecule has 1 aromatic carbocycles. The minimum Gasteiger partial charge on any atom is -0.484 e. The third kappa shape index (κ3) is 3.84. The Labute approximate surface area is 122 Å². The number of carbonyl (C=O) groups excluding carboxylic acids is 1. The van der Waals surface area contributed by atoms with E-state index < -0.39 is 4.92 Å². The molecule has 1 saturated heterocycles. The summed E-state index contributed by atoms with van der Waals surface area (Å²) >= 11 is 0. The number of ether oxygens (including phenoxy) is 1. The molecule has 0 saturated carbocycles. The van der Waals surface area contributed by atoms with E-state index >= 15 is 0 Å². The standard InChI is InChI=1S/C14H19N3O4/c1-9(2)21-13-8-10(5-6-12(13)17(19)20)16-11-4-3-7-15-14(11)18/h5-6,8-9,11,16H,3-4,7H2,1-2H3,(H,15,18). The first-order valence-corrected chi connectivity index (χ1v) is 6.96. The second-order valence-corrected chi connectivity index (χ2v) is 5.24. The van der Waals surface area contributed by atoms with E-state index in [9.17, 15) is 14.9 Å². The van der Waals surface area contributed by atoms with Crippen molar-refractivity contribution in [3.8, 4) is 5.75 Å². The van der Waals surface area contributed by atoms with Crippen molar-refractivity contribution in [1.82, 2.24) is 5.32 Å². The summed E-state index contributed by atoms with van der Waals surface area (Å²) in [6, 6.07) is 4.24. The van der Waals surface area contributed by atoms with Crippen LogP contribution in [0.2, 0.25) is 0 Å². The zero-order chi connectivity index (χ0) is 15.4. The largest absolute Gasteiger partial charge is 0.484 e. The normalized spacial score (nSPS) is 18.2. The SMILES string of the molecule is CC(C)Oc1cc(NC2CCCNC2=O)ccc1[N+](=O)[O-]. The predicted molar refractivity (Wildman–Crippen MR) is 78.5 cm³/mol. The molecule has 1 amide bonds. The second kappa shape index (κ2) is 6.43. The minimum atomic E-state index is -0.477. The molecule has 0 aliphatic carbocycles. The molecule has 1 heterocycles. The molecule has 114 valence electrons. The first-order chi connectivity index (χ1) is 9.97. The Morgan fingerprint density at radius 2 is 2.24 bits per heavy atom. The van der Waals surface area contributed by atoms with E-state index in [1.165, 1.54) is 6.07 Å². The van der Waals surface area contributed by atoms with Gasteiger partial charge in [-0.2, -0.15) is 0 Å². The fraction of sp³-hybridized carbons (Fsp3) is 0.500. The molecule has 1 atom stereocenters. The zero-order valence-electron chi connectivity index (χ0n) is 12.1. The van der Waals surface area contributed by atoms with Gasteiger partial charge in [-0.25, -0.2) is 0 Å². The summed E-state index contributed by atoms with van der Waals surface area (Å²) in [7, 11) is 0. The number of benzene rings is 1. The Bertz CT molecular complexity index is 545. The summed E-state index contributed by atoms with van der Waals surface area (Å²) in [5, 5.41) is 16.9. The lowest BCUT2D eigenvalue weighted by atomic mass is 10.1. The fourth-order valence-corrected chi connectivity index (χ4v) is 2.21. The number of nitro benzene ring substituents is 1. The molecule has 2 N–H and O–H groups in total. The molecule has 0 aromatic heterocycles. The Kier molecular flexibility index (Phi) is 4.62. The Morgan fingerprint density at radius 3 is 2.86 bits per heavy atom. The average molecular weight is 293 g/mol. The van der Waals surface area contributed by atoms with E-state index in [1.54, 1.807) is 26.0 Å². The monoisotopic (exact) mass is 293 g/mol. The number of nitrogens with zero attached hydrogens (tertiary/aromatic N) is 1. The molecule has 1 aliphatic rings. The lowest BCUT2D eigenvalue weighted by molar-refractivity contribution is -0.386. The van der Waals surface area contributed by atoms with Crippen molar-refractivity contribution < 1.29 is 14.5 Å². The van der Waals surface area contributed by atoms with Gasteiger partial charge in [0.05, 0.1) is 11.0 Å². The molecule has 7 heteroatoms. The van der Waals surface area contributed by atoms with E-state index in [0.717, 1.165) is 12.8 Å². The maximum absolute atomic E-state index is 11.7. The fourth-order valence-electron chi connectivity index (χ4n) is 2.21. The Balaban J connectivity index is 2.20. The number of amides is 1. The van der Waals surface area contributed by atoms with Gasteiger partial charge in [-0.1, -0.05) is 0 Å². The van der Waals surface area contributed by atoms with Crippen LogP contribution in [0.1, 0.15) is 26.7 Å². The maximum Gasteiger partial charge on any atom is 0.311 e. The van der Waals surface area contributed by atoms with Gasteiger partial charge < -0.3 is 15.4 Å². The number of nitrogens with one attached hydrogen (secondary N) is 2. The highest BCUT2D eigenvalue weighted by molar-refractivity contribution is 5.85.